The van der Waals surface area contributed by atoms with Gasteiger partial charge in [-0.3, -0.25) is 4.79 Å². The molecule has 2 heterocycles. The van der Waals surface area contributed by atoms with E-state index in [9.17, 15) is 9.18 Å². The van der Waals surface area contributed by atoms with Gasteiger partial charge in [0.1, 0.15) is 5.82 Å². The van der Waals surface area contributed by atoms with Crippen molar-refractivity contribution in [3.63, 3.8) is 0 Å². The predicted octanol–water partition coefficient (Wildman–Crippen LogP) is 3.35. The minimum absolute atomic E-state index is 0.0637. The molecule has 0 radical (unpaired) electrons. The summed E-state index contributed by atoms with van der Waals surface area (Å²) in [6.45, 7) is 3.48. The van der Waals surface area contributed by atoms with Gasteiger partial charge in [0.2, 0.25) is 0 Å². The highest BCUT2D eigenvalue weighted by atomic mass is 35.5. The van der Waals surface area contributed by atoms with Crippen LogP contribution in [0.1, 0.15) is 29.6 Å². The summed E-state index contributed by atoms with van der Waals surface area (Å²) in [4.78, 5) is 14.3. The van der Waals surface area contributed by atoms with Crippen molar-refractivity contribution < 1.29 is 9.18 Å². The number of likely N-dealkylation sites (tertiary alicyclic amines) is 1. The average Bonchev–Trinajstić information content (AvgIpc) is 2.91. The number of benzene rings is 1. The van der Waals surface area contributed by atoms with E-state index in [1.54, 1.807) is 4.90 Å². The van der Waals surface area contributed by atoms with Crippen molar-refractivity contribution in [2.75, 3.05) is 26.2 Å². The SMILES string of the molecule is O=C(c1cc(F)c(Cl)cc1Cl)N1CCC2(CCNC2)CC1. The number of amides is 1. The molecule has 0 saturated carbocycles. The van der Waals surface area contributed by atoms with Gasteiger partial charge in [-0.15, -0.1) is 0 Å². The normalized spacial score (nSPS) is 21.0. The molecule has 0 aliphatic carbocycles. The van der Waals surface area contributed by atoms with E-state index >= 15 is 0 Å². The summed E-state index contributed by atoms with van der Waals surface area (Å²) < 4.78 is 13.6. The Morgan fingerprint density at radius 1 is 1.19 bits per heavy atom. The van der Waals surface area contributed by atoms with Gasteiger partial charge in [0, 0.05) is 19.6 Å². The van der Waals surface area contributed by atoms with E-state index in [4.69, 9.17) is 23.2 Å². The molecule has 2 saturated heterocycles. The number of nitrogens with one attached hydrogen (secondary N) is 1. The summed E-state index contributed by atoms with van der Waals surface area (Å²) in [6, 6.07) is 2.42. The second-order valence-electron chi connectivity index (χ2n) is 5.97. The Kier molecular flexibility index (Phi) is 4.12. The molecule has 0 unspecified atom stereocenters. The van der Waals surface area contributed by atoms with Gasteiger partial charge in [0.25, 0.3) is 5.91 Å². The van der Waals surface area contributed by atoms with Gasteiger partial charge in [0.05, 0.1) is 15.6 Å². The zero-order chi connectivity index (χ0) is 15.0. The molecule has 0 bridgehead atoms. The summed E-state index contributed by atoms with van der Waals surface area (Å²) in [5, 5.41) is 3.53. The third-order valence-electron chi connectivity index (χ3n) is 4.68. The number of rotatable bonds is 1. The van der Waals surface area contributed by atoms with Crippen molar-refractivity contribution in [1.82, 2.24) is 10.2 Å². The first-order valence-corrected chi connectivity index (χ1v) is 7.91. The van der Waals surface area contributed by atoms with Crippen LogP contribution in [0.2, 0.25) is 10.0 Å². The molecule has 2 fully saturated rings. The van der Waals surface area contributed by atoms with Gasteiger partial charge >= 0.3 is 0 Å². The number of halogens is 3. The molecule has 1 aromatic rings. The first-order valence-electron chi connectivity index (χ1n) is 7.15. The van der Waals surface area contributed by atoms with E-state index in [0.717, 1.165) is 32.0 Å². The minimum Gasteiger partial charge on any atom is -0.339 e. The maximum atomic E-state index is 13.6. The summed E-state index contributed by atoms with van der Waals surface area (Å²) in [5.74, 6) is -0.825. The van der Waals surface area contributed by atoms with Crippen LogP contribution < -0.4 is 5.32 Å². The molecule has 3 nitrogen and oxygen atoms in total. The molecule has 1 N–H and O–H groups in total. The molecule has 6 heteroatoms. The molecule has 0 aromatic heterocycles. The van der Waals surface area contributed by atoms with Crippen LogP contribution in [0.5, 0.6) is 0 Å². The molecular weight excluding hydrogens is 314 g/mol. The second kappa shape index (κ2) is 5.75. The zero-order valence-corrected chi connectivity index (χ0v) is 13.1. The van der Waals surface area contributed by atoms with E-state index in [1.165, 1.54) is 12.5 Å². The van der Waals surface area contributed by atoms with E-state index in [0.29, 0.717) is 18.5 Å². The van der Waals surface area contributed by atoms with Crippen molar-refractivity contribution in [3.05, 3.63) is 33.6 Å². The van der Waals surface area contributed by atoms with Crippen LogP contribution in [0.3, 0.4) is 0 Å². The highest BCUT2D eigenvalue weighted by Gasteiger charge is 2.38. The van der Waals surface area contributed by atoms with Crippen LogP contribution >= 0.6 is 23.2 Å². The van der Waals surface area contributed by atoms with Gasteiger partial charge in [-0.2, -0.15) is 0 Å². The fraction of sp³-hybridized carbons (Fsp3) is 0.533. The summed E-state index contributed by atoms with van der Waals surface area (Å²) >= 11 is 11.7. The number of carbonyl (C=O) groups is 1. The Bertz CT molecular complexity index is 563. The van der Waals surface area contributed by atoms with Crippen molar-refractivity contribution in [2.24, 2.45) is 5.41 Å². The van der Waals surface area contributed by atoms with Crippen LogP contribution in [0, 0.1) is 11.2 Å². The van der Waals surface area contributed by atoms with Crippen LogP contribution in [0.25, 0.3) is 0 Å². The summed E-state index contributed by atoms with van der Waals surface area (Å²) in [6.07, 6.45) is 3.14. The lowest BCUT2D eigenvalue weighted by Gasteiger charge is -2.39. The number of piperidine rings is 1. The lowest BCUT2D eigenvalue weighted by atomic mass is 9.78. The number of carbonyl (C=O) groups excluding carboxylic acids is 1. The molecule has 0 atom stereocenters. The topological polar surface area (TPSA) is 32.3 Å². The van der Waals surface area contributed by atoms with Gasteiger partial charge < -0.3 is 10.2 Å². The minimum atomic E-state index is -0.613. The van der Waals surface area contributed by atoms with E-state index in [-0.39, 0.29) is 21.5 Å². The molecule has 1 amide bonds. The first-order chi connectivity index (χ1) is 10.0. The standard InChI is InChI=1S/C15H17Cl2FN2O/c16-11-8-12(17)13(18)7-10(11)14(21)20-5-2-15(3-6-20)1-4-19-9-15/h7-8,19H,1-6,9H2. The number of nitrogens with zero attached hydrogens (tertiary/aromatic N) is 1. The van der Waals surface area contributed by atoms with Crippen molar-refractivity contribution >= 4 is 29.1 Å². The van der Waals surface area contributed by atoms with Crippen molar-refractivity contribution in [1.29, 1.82) is 0 Å². The first kappa shape index (κ1) is 15.1. The molecule has 1 aromatic carbocycles. The fourth-order valence-corrected chi connectivity index (χ4v) is 3.73. The van der Waals surface area contributed by atoms with E-state index < -0.39 is 5.82 Å². The molecule has 114 valence electrons. The summed E-state index contributed by atoms with van der Waals surface area (Å²) in [5.41, 5.74) is 0.533. The number of hydrogen-bond acceptors (Lipinski definition) is 2. The molecular formula is C15H17Cl2FN2O. The Labute approximate surface area is 133 Å². The van der Waals surface area contributed by atoms with Crippen LogP contribution in [-0.2, 0) is 0 Å². The molecule has 2 aliphatic rings. The fourth-order valence-electron chi connectivity index (χ4n) is 3.26. The van der Waals surface area contributed by atoms with E-state index in [1.807, 2.05) is 0 Å². The molecule has 21 heavy (non-hydrogen) atoms. The third kappa shape index (κ3) is 2.89. The Morgan fingerprint density at radius 3 is 2.52 bits per heavy atom. The van der Waals surface area contributed by atoms with Gasteiger partial charge in [-0.05, 0) is 43.4 Å². The van der Waals surface area contributed by atoms with Gasteiger partial charge in [0.15, 0.2) is 0 Å². The van der Waals surface area contributed by atoms with Gasteiger partial charge in [-0.1, -0.05) is 23.2 Å². The Morgan fingerprint density at radius 2 is 1.90 bits per heavy atom. The Balaban J connectivity index is 1.73. The van der Waals surface area contributed by atoms with Crippen LogP contribution in [0.15, 0.2) is 12.1 Å². The van der Waals surface area contributed by atoms with Gasteiger partial charge in [-0.25, -0.2) is 4.39 Å². The monoisotopic (exact) mass is 330 g/mol. The van der Waals surface area contributed by atoms with Crippen molar-refractivity contribution in [3.8, 4) is 0 Å². The highest BCUT2D eigenvalue weighted by Crippen LogP contribution is 2.37. The predicted molar refractivity (Wildman–Crippen MR) is 81.5 cm³/mol. The molecule has 2 aliphatic heterocycles. The largest absolute Gasteiger partial charge is 0.339 e. The van der Waals surface area contributed by atoms with Crippen molar-refractivity contribution in [2.45, 2.75) is 19.3 Å². The third-order valence-corrected chi connectivity index (χ3v) is 5.29. The second-order valence-corrected chi connectivity index (χ2v) is 6.78. The zero-order valence-electron chi connectivity index (χ0n) is 11.6. The smallest absolute Gasteiger partial charge is 0.255 e. The lowest BCUT2D eigenvalue weighted by Crippen LogP contribution is -2.44. The lowest BCUT2D eigenvalue weighted by molar-refractivity contribution is 0.0607. The average molecular weight is 331 g/mol. The molecule has 3 rings (SSSR count). The number of hydrogen-bond donors (Lipinski definition) is 1. The maximum absolute atomic E-state index is 13.6. The van der Waals surface area contributed by atoms with Crippen LogP contribution in [0.4, 0.5) is 4.39 Å². The summed E-state index contributed by atoms with van der Waals surface area (Å²) in [7, 11) is 0. The quantitative estimate of drug-likeness (QED) is 0.801. The highest BCUT2D eigenvalue weighted by molar-refractivity contribution is 6.36. The maximum Gasteiger partial charge on any atom is 0.255 e. The van der Waals surface area contributed by atoms with E-state index in [2.05, 4.69) is 5.32 Å². The van der Waals surface area contributed by atoms with Crippen LogP contribution in [-0.4, -0.2) is 37.0 Å². The Hall–Kier alpha value is -0.840. The molecule has 1 spiro atoms.